The molecule has 0 bridgehead atoms. The molecule has 1 aliphatic heterocycles. The van der Waals surface area contributed by atoms with Gasteiger partial charge in [0.05, 0.1) is 0 Å². The van der Waals surface area contributed by atoms with Gasteiger partial charge in [-0.3, -0.25) is 9.59 Å². The van der Waals surface area contributed by atoms with Gasteiger partial charge in [0, 0.05) is 26.2 Å². The molecule has 1 heterocycles. The highest BCUT2D eigenvalue weighted by molar-refractivity contribution is 5.88. The van der Waals surface area contributed by atoms with Gasteiger partial charge in [-0.1, -0.05) is 26.8 Å². The average Bonchev–Trinajstić information content (AvgIpc) is 2.74. The SMILES string of the molecule is CC(C)(C)/C=C/C(=O)N1CCCN(C(=O)CNC(=O)OC(C)(C)C)CC1. The molecule has 0 aromatic rings. The average molecular weight is 367 g/mol. The van der Waals surface area contributed by atoms with Crippen molar-refractivity contribution in [2.75, 3.05) is 32.7 Å². The summed E-state index contributed by atoms with van der Waals surface area (Å²) >= 11 is 0. The Morgan fingerprint density at radius 1 is 0.962 bits per heavy atom. The van der Waals surface area contributed by atoms with Crippen LogP contribution in [0, 0.1) is 5.41 Å². The molecule has 1 fully saturated rings. The van der Waals surface area contributed by atoms with Crippen molar-refractivity contribution in [3.8, 4) is 0 Å². The van der Waals surface area contributed by atoms with Crippen LogP contribution in [0.1, 0.15) is 48.0 Å². The van der Waals surface area contributed by atoms with Gasteiger partial charge < -0.3 is 19.9 Å². The van der Waals surface area contributed by atoms with Crippen LogP contribution in [-0.2, 0) is 14.3 Å². The molecule has 0 atom stereocenters. The Labute approximate surface area is 156 Å². The normalized spacial score (nSPS) is 16.4. The summed E-state index contributed by atoms with van der Waals surface area (Å²) in [4.78, 5) is 39.7. The summed E-state index contributed by atoms with van der Waals surface area (Å²) in [6.07, 6.45) is 3.62. The van der Waals surface area contributed by atoms with Gasteiger partial charge in [0.25, 0.3) is 0 Å². The molecule has 26 heavy (non-hydrogen) atoms. The predicted molar refractivity (Wildman–Crippen MR) is 101 cm³/mol. The number of ether oxygens (including phenoxy) is 1. The molecular formula is C19H33N3O4. The molecule has 0 radical (unpaired) electrons. The molecule has 148 valence electrons. The lowest BCUT2D eigenvalue weighted by molar-refractivity contribution is -0.131. The molecule has 0 aromatic carbocycles. The molecule has 0 aliphatic carbocycles. The lowest BCUT2D eigenvalue weighted by Gasteiger charge is -2.23. The van der Waals surface area contributed by atoms with Crippen molar-refractivity contribution in [2.45, 2.75) is 53.6 Å². The molecule has 7 nitrogen and oxygen atoms in total. The van der Waals surface area contributed by atoms with Crippen LogP contribution in [0.2, 0.25) is 0 Å². The van der Waals surface area contributed by atoms with Gasteiger partial charge in [0.2, 0.25) is 11.8 Å². The summed E-state index contributed by atoms with van der Waals surface area (Å²) in [6, 6.07) is 0. The highest BCUT2D eigenvalue weighted by atomic mass is 16.6. The van der Waals surface area contributed by atoms with Gasteiger partial charge >= 0.3 is 6.09 Å². The highest BCUT2D eigenvalue weighted by Crippen LogP contribution is 2.15. The molecule has 1 aliphatic rings. The van der Waals surface area contributed by atoms with Gasteiger partial charge in [-0.15, -0.1) is 0 Å². The lowest BCUT2D eigenvalue weighted by atomic mass is 9.96. The summed E-state index contributed by atoms with van der Waals surface area (Å²) in [5, 5.41) is 2.48. The number of carbonyl (C=O) groups is 3. The van der Waals surface area contributed by atoms with Crippen molar-refractivity contribution in [2.24, 2.45) is 5.41 Å². The Balaban J connectivity index is 2.48. The third-order valence-electron chi connectivity index (χ3n) is 3.67. The van der Waals surface area contributed by atoms with E-state index in [4.69, 9.17) is 4.74 Å². The molecule has 7 heteroatoms. The number of amides is 3. The number of nitrogens with one attached hydrogen (secondary N) is 1. The van der Waals surface area contributed by atoms with Crippen LogP contribution in [0.15, 0.2) is 12.2 Å². The van der Waals surface area contributed by atoms with Crippen LogP contribution < -0.4 is 5.32 Å². The first kappa shape index (κ1) is 22.0. The van der Waals surface area contributed by atoms with Gasteiger partial charge in [-0.05, 0) is 38.7 Å². The van der Waals surface area contributed by atoms with Gasteiger partial charge in [-0.2, -0.15) is 0 Å². The van der Waals surface area contributed by atoms with E-state index in [1.54, 1.807) is 36.6 Å². The van der Waals surface area contributed by atoms with Crippen molar-refractivity contribution in [3.63, 3.8) is 0 Å². The Morgan fingerprint density at radius 2 is 1.54 bits per heavy atom. The van der Waals surface area contributed by atoms with Gasteiger partial charge in [0.1, 0.15) is 12.1 Å². The summed E-state index contributed by atoms with van der Waals surface area (Å²) in [6.45, 7) is 13.5. The zero-order valence-electron chi connectivity index (χ0n) is 16.9. The van der Waals surface area contributed by atoms with E-state index in [9.17, 15) is 14.4 Å². The van der Waals surface area contributed by atoms with Gasteiger partial charge in [0.15, 0.2) is 0 Å². The molecule has 0 saturated carbocycles. The number of alkyl carbamates (subject to hydrolysis) is 1. The second-order valence-electron chi connectivity index (χ2n) is 8.61. The quantitative estimate of drug-likeness (QED) is 0.776. The summed E-state index contributed by atoms with van der Waals surface area (Å²) in [5.41, 5.74) is -0.645. The number of hydrogen-bond acceptors (Lipinski definition) is 4. The zero-order valence-corrected chi connectivity index (χ0v) is 16.9. The number of rotatable bonds is 3. The van der Waals surface area contributed by atoms with Crippen molar-refractivity contribution < 1.29 is 19.1 Å². The van der Waals surface area contributed by atoms with E-state index in [0.717, 1.165) is 0 Å². The van der Waals surface area contributed by atoms with Crippen LogP contribution in [-0.4, -0.2) is 66.0 Å². The molecular weight excluding hydrogens is 334 g/mol. The van der Waals surface area contributed by atoms with E-state index in [1.165, 1.54) is 0 Å². The van der Waals surface area contributed by atoms with Gasteiger partial charge in [-0.25, -0.2) is 4.79 Å². The molecule has 1 rings (SSSR count). The largest absolute Gasteiger partial charge is 0.444 e. The highest BCUT2D eigenvalue weighted by Gasteiger charge is 2.22. The van der Waals surface area contributed by atoms with Crippen LogP contribution >= 0.6 is 0 Å². The third-order valence-corrected chi connectivity index (χ3v) is 3.67. The Bertz CT molecular complexity index is 544. The Morgan fingerprint density at radius 3 is 2.12 bits per heavy atom. The maximum absolute atomic E-state index is 12.3. The first-order valence-electron chi connectivity index (χ1n) is 9.10. The Hall–Kier alpha value is -2.05. The van der Waals surface area contributed by atoms with Crippen LogP contribution in [0.5, 0.6) is 0 Å². The smallest absolute Gasteiger partial charge is 0.408 e. The van der Waals surface area contributed by atoms with Crippen LogP contribution in [0.25, 0.3) is 0 Å². The summed E-state index contributed by atoms with van der Waals surface area (Å²) in [7, 11) is 0. The maximum Gasteiger partial charge on any atom is 0.408 e. The topological polar surface area (TPSA) is 79.0 Å². The number of nitrogens with zero attached hydrogens (tertiary/aromatic N) is 2. The monoisotopic (exact) mass is 367 g/mol. The fourth-order valence-electron chi connectivity index (χ4n) is 2.39. The number of carbonyl (C=O) groups excluding carboxylic acids is 3. The van der Waals surface area contributed by atoms with E-state index in [-0.39, 0.29) is 23.8 Å². The molecule has 0 unspecified atom stereocenters. The van der Waals surface area contributed by atoms with E-state index in [1.807, 2.05) is 26.8 Å². The second-order valence-corrected chi connectivity index (χ2v) is 8.61. The minimum Gasteiger partial charge on any atom is -0.444 e. The summed E-state index contributed by atoms with van der Waals surface area (Å²) in [5.74, 6) is -0.198. The predicted octanol–water partition coefficient (Wildman–Crippen LogP) is 2.17. The molecule has 3 amide bonds. The molecule has 1 N–H and O–H groups in total. The lowest BCUT2D eigenvalue weighted by Crippen LogP contribution is -2.43. The van der Waals surface area contributed by atoms with Crippen LogP contribution in [0.4, 0.5) is 4.79 Å². The zero-order chi connectivity index (χ0) is 20.0. The number of allylic oxidation sites excluding steroid dienone is 1. The minimum absolute atomic E-state index is 0.0268. The first-order valence-corrected chi connectivity index (χ1v) is 9.10. The van der Waals surface area contributed by atoms with Crippen LogP contribution in [0.3, 0.4) is 0 Å². The van der Waals surface area contributed by atoms with E-state index >= 15 is 0 Å². The number of hydrogen-bond donors (Lipinski definition) is 1. The Kier molecular flexibility index (Phi) is 7.66. The maximum atomic E-state index is 12.3. The van der Waals surface area contributed by atoms with E-state index in [0.29, 0.717) is 32.6 Å². The second kappa shape index (κ2) is 9.05. The fraction of sp³-hybridized carbons (Fsp3) is 0.737. The molecule has 1 saturated heterocycles. The van der Waals surface area contributed by atoms with Crippen molar-refractivity contribution >= 4 is 17.9 Å². The third kappa shape index (κ3) is 8.87. The fourth-order valence-corrected chi connectivity index (χ4v) is 2.39. The van der Waals surface area contributed by atoms with Crippen molar-refractivity contribution in [1.29, 1.82) is 0 Å². The van der Waals surface area contributed by atoms with E-state index in [2.05, 4.69) is 5.32 Å². The molecule has 0 spiro atoms. The molecule has 0 aromatic heterocycles. The van der Waals surface area contributed by atoms with E-state index < -0.39 is 11.7 Å². The van der Waals surface area contributed by atoms with Crippen molar-refractivity contribution in [1.82, 2.24) is 15.1 Å². The van der Waals surface area contributed by atoms with Crippen molar-refractivity contribution in [3.05, 3.63) is 12.2 Å². The standard InChI is InChI=1S/C19H33N3O4/c1-18(2,3)9-8-15(23)21-10-7-11-22(13-12-21)16(24)14-20-17(25)26-19(4,5)6/h8-9H,7,10-14H2,1-6H3,(H,20,25)/b9-8+. The minimum atomic E-state index is -0.607. The summed E-state index contributed by atoms with van der Waals surface area (Å²) < 4.78 is 5.12. The first-order chi connectivity index (χ1) is 11.9.